The first kappa shape index (κ1) is 15.1. The lowest BCUT2D eigenvalue weighted by atomic mass is 10.2. The highest BCUT2D eigenvalue weighted by Gasteiger charge is 2.10. The van der Waals surface area contributed by atoms with Crippen molar-refractivity contribution in [3.05, 3.63) is 47.3 Å². The van der Waals surface area contributed by atoms with Crippen LogP contribution in [-0.4, -0.2) is 26.2 Å². The van der Waals surface area contributed by atoms with Crippen LogP contribution in [0.1, 0.15) is 0 Å². The van der Waals surface area contributed by atoms with E-state index in [2.05, 4.69) is 31.2 Å². The molecule has 2 aromatic heterocycles. The maximum Gasteiger partial charge on any atom is 0.234 e. The predicted octanol–water partition coefficient (Wildman–Crippen LogP) is 3.46. The molecule has 0 saturated heterocycles. The number of nitrogens with one attached hydrogen (secondary N) is 1. The molecule has 5 nitrogen and oxygen atoms in total. The van der Waals surface area contributed by atoms with Gasteiger partial charge in [0.15, 0.2) is 5.16 Å². The van der Waals surface area contributed by atoms with Crippen LogP contribution in [0, 0.1) is 0 Å². The normalized spacial score (nSPS) is 10.8. The highest BCUT2D eigenvalue weighted by molar-refractivity contribution is 9.10. The van der Waals surface area contributed by atoms with E-state index < -0.39 is 0 Å². The van der Waals surface area contributed by atoms with E-state index in [-0.39, 0.29) is 5.91 Å². The summed E-state index contributed by atoms with van der Waals surface area (Å²) in [6.07, 6.45) is 5.28. The fourth-order valence-electron chi connectivity index (χ4n) is 2.05. The van der Waals surface area contributed by atoms with E-state index >= 15 is 0 Å². The maximum absolute atomic E-state index is 12.1. The van der Waals surface area contributed by atoms with Gasteiger partial charge in [0.25, 0.3) is 0 Å². The Labute approximate surface area is 140 Å². The van der Waals surface area contributed by atoms with Gasteiger partial charge in [0.05, 0.1) is 17.0 Å². The number of benzene rings is 1. The molecule has 0 aliphatic carbocycles. The van der Waals surface area contributed by atoms with Crippen molar-refractivity contribution in [2.24, 2.45) is 7.05 Å². The molecule has 2 heterocycles. The number of pyridine rings is 1. The summed E-state index contributed by atoms with van der Waals surface area (Å²) in [5.74, 6) is 0.220. The molecule has 3 rings (SSSR count). The lowest BCUT2D eigenvalue weighted by molar-refractivity contribution is -0.113. The van der Waals surface area contributed by atoms with Crippen LogP contribution in [0.2, 0.25) is 0 Å². The van der Waals surface area contributed by atoms with Crippen molar-refractivity contribution < 1.29 is 4.79 Å². The van der Waals surface area contributed by atoms with E-state index in [4.69, 9.17) is 0 Å². The maximum atomic E-state index is 12.1. The number of carbonyl (C=O) groups is 1. The lowest BCUT2D eigenvalue weighted by Gasteiger charge is -2.09. The Morgan fingerprint density at radius 1 is 1.32 bits per heavy atom. The zero-order chi connectivity index (χ0) is 15.5. The first-order valence-corrected chi connectivity index (χ1v) is 8.36. The number of aryl methyl sites for hydroxylation is 1. The molecule has 0 aliphatic rings. The molecule has 0 spiro atoms. The van der Waals surface area contributed by atoms with Gasteiger partial charge in [0.2, 0.25) is 5.91 Å². The predicted molar refractivity (Wildman–Crippen MR) is 92.0 cm³/mol. The van der Waals surface area contributed by atoms with Crippen molar-refractivity contribution >= 4 is 50.2 Å². The van der Waals surface area contributed by atoms with Crippen molar-refractivity contribution in [3.63, 3.8) is 0 Å². The fourth-order valence-corrected chi connectivity index (χ4v) is 3.23. The number of nitrogens with zero attached hydrogens (tertiary/aromatic N) is 3. The number of anilines is 1. The number of hydrogen-bond acceptors (Lipinski definition) is 4. The minimum atomic E-state index is -0.0812. The fraction of sp³-hybridized carbons (Fsp3) is 0.133. The molecule has 0 radical (unpaired) electrons. The molecule has 0 fully saturated rings. The molecule has 0 aliphatic heterocycles. The standard InChI is InChI=1S/C15H13BrN4OS/c1-20-8-7-18-15(20)22-9-13(21)19-12-5-4-11(16)10-3-2-6-17-14(10)12/h2-8H,9H2,1H3,(H,19,21). The molecule has 0 unspecified atom stereocenters. The summed E-state index contributed by atoms with van der Waals surface area (Å²) in [7, 11) is 1.90. The molecule has 7 heteroatoms. The average Bonchev–Trinajstić information content (AvgIpc) is 2.94. The smallest absolute Gasteiger partial charge is 0.234 e. The third-order valence-corrected chi connectivity index (χ3v) is 4.85. The molecule has 112 valence electrons. The molecule has 0 saturated carbocycles. The van der Waals surface area contributed by atoms with Crippen molar-refractivity contribution in [1.29, 1.82) is 0 Å². The van der Waals surface area contributed by atoms with Crippen LogP contribution in [0.4, 0.5) is 5.69 Å². The highest BCUT2D eigenvalue weighted by Crippen LogP contribution is 2.28. The monoisotopic (exact) mass is 376 g/mol. The molecule has 1 N–H and O–H groups in total. The number of thioether (sulfide) groups is 1. The van der Waals surface area contributed by atoms with Crippen molar-refractivity contribution in [2.45, 2.75) is 5.16 Å². The van der Waals surface area contributed by atoms with E-state index in [9.17, 15) is 4.79 Å². The third kappa shape index (κ3) is 3.15. The minimum absolute atomic E-state index is 0.0812. The second kappa shape index (κ2) is 6.50. The first-order chi connectivity index (χ1) is 10.6. The van der Waals surface area contributed by atoms with Gasteiger partial charge in [-0.05, 0) is 18.2 Å². The summed E-state index contributed by atoms with van der Waals surface area (Å²) in [5, 5.41) is 4.70. The van der Waals surface area contributed by atoms with Gasteiger partial charge in [-0.2, -0.15) is 0 Å². The van der Waals surface area contributed by atoms with E-state index in [0.29, 0.717) is 11.4 Å². The number of halogens is 1. The Morgan fingerprint density at radius 2 is 2.18 bits per heavy atom. The number of aromatic nitrogens is 3. The number of hydrogen-bond donors (Lipinski definition) is 1. The van der Waals surface area contributed by atoms with Crippen LogP contribution < -0.4 is 5.32 Å². The van der Waals surface area contributed by atoms with E-state index in [1.54, 1.807) is 12.4 Å². The minimum Gasteiger partial charge on any atom is -0.329 e. The van der Waals surface area contributed by atoms with Crippen LogP contribution in [0.15, 0.2) is 52.5 Å². The lowest BCUT2D eigenvalue weighted by Crippen LogP contribution is -2.15. The molecule has 0 atom stereocenters. The van der Waals surface area contributed by atoms with E-state index in [1.165, 1.54) is 11.8 Å². The van der Waals surface area contributed by atoms with Crippen molar-refractivity contribution in [2.75, 3.05) is 11.1 Å². The topological polar surface area (TPSA) is 59.8 Å². The van der Waals surface area contributed by atoms with Crippen LogP contribution in [0.5, 0.6) is 0 Å². The number of fused-ring (bicyclic) bond motifs is 1. The van der Waals surface area contributed by atoms with Gasteiger partial charge in [-0.15, -0.1) is 0 Å². The van der Waals surface area contributed by atoms with Gasteiger partial charge in [-0.3, -0.25) is 9.78 Å². The summed E-state index contributed by atoms with van der Waals surface area (Å²) in [4.78, 5) is 20.7. The summed E-state index contributed by atoms with van der Waals surface area (Å²) >= 11 is 4.89. The number of amides is 1. The van der Waals surface area contributed by atoms with Crippen LogP contribution in [0.3, 0.4) is 0 Å². The number of imidazole rings is 1. The molecular formula is C15H13BrN4OS. The second-order valence-electron chi connectivity index (χ2n) is 4.65. The Balaban J connectivity index is 1.74. The van der Waals surface area contributed by atoms with Crippen molar-refractivity contribution in [1.82, 2.24) is 14.5 Å². The van der Waals surface area contributed by atoms with Crippen LogP contribution in [0.25, 0.3) is 10.9 Å². The summed E-state index contributed by atoms with van der Waals surface area (Å²) in [6, 6.07) is 7.59. The Bertz CT molecular complexity index is 833. The van der Waals surface area contributed by atoms with Gasteiger partial charge >= 0.3 is 0 Å². The molecule has 3 aromatic rings. The Hall–Kier alpha value is -1.86. The quantitative estimate of drug-likeness (QED) is 0.708. The molecule has 22 heavy (non-hydrogen) atoms. The molecular weight excluding hydrogens is 364 g/mol. The highest BCUT2D eigenvalue weighted by atomic mass is 79.9. The Morgan fingerprint density at radius 3 is 2.95 bits per heavy atom. The molecule has 1 amide bonds. The largest absolute Gasteiger partial charge is 0.329 e. The summed E-state index contributed by atoms with van der Waals surface area (Å²) < 4.78 is 2.84. The molecule has 0 bridgehead atoms. The van der Waals surface area contributed by atoms with Crippen LogP contribution >= 0.6 is 27.7 Å². The third-order valence-electron chi connectivity index (χ3n) is 3.10. The van der Waals surface area contributed by atoms with Gasteiger partial charge in [0, 0.05) is 35.5 Å². The van der Waals surface area contributed by atoms with Gasteiger partial charge in [-0.25, -0.2) is 4.98 Å². The summed E-state index contributed by atoms with van der Waals surface area (Å²) in [6.45, 7) is 0. The first-order valence-electron chi connectivity index (χ1n) is 6.58. The van der Waals surface area contributed by atoms with Gasteiger partial charge in [-0.1, -0.05) is 33.8 Å². The van der Waals surface area contributed by atoms with E-state index in [0.717, 1.165) is 20.5 Å². The van der Waals surface area contributed by atoms with Gasteiger partial charge < -0.3 is 9.88 Å². The van der Waals surface area contributed by atoms with E-state index in [1.807, 2.05) is 42.1 Å². The average molecular weight is 377 g/mol. The van der Waals surface area contributed by atoms with Gasteiger partial charge in [0.1, 0.15) is 0 Å². The second-order valence-corrected chi connectivity index (χ2v) is 6.45. The molecule has 1 aromatic carbocycles. The Kier molecular flexibility index (Phi) is 4.44. The summed E-state index contributed by atoms with van der Waals surface area (Å²) in [5.41, 5.74) is 1.48. The number of carbonyl (C=O) groups excluding carboxylic acids is 1. The van der Waals surface area contributed by atoms with Crippen LogP contribution in [-0.2, 0) is 11.8 Å². The SMILES string of the molecule is Cn1ccnc1SCC(=O)Nc1ccc(Br)c2cccnc12. The zero-order valence-corrected chi connectivity index (χ0v) is 14.2. The number of rotatable bonds is 4. The zero-order valence-electron chi connectivity index (χ0n) is 11.8. The van der Waals surface area contributed by atoms with Crippen molar-refractivity contribution in [3.8, 4) is 0 Å².